The number of fused-ring (bicyclic) bond motifs is 1. The zero-order valence-electron chi connectivity index (χ0n) is 26.2. The second-order valence-electron chi connectivity index (χ2n) is 11.0. The summed E-state index contributed by atoms with van der Waals surface area (Å²) < 4.78 is 45.7. The Kier molecular flexibility index (Phi) is 9.71. The van der Waals surface area contributed by atoms with Crippen molar-refractivity contribution in [3.05, 3.63) is 146 Å². The van der Waals surface area contributed by atoms with Crippen molar-refractivity contribution in [2.75, 3.05) is 12.4 Å². The number of hydrogen-bond donors (Lipinski definition) is 3. The molecule has 3 aromatic heterocycles. The van der Waals surface area contributed by atoms with Crippen LogP contribution in [0.3, 0.4) is 0 Å². The summed E-state index contributed by atoms with van der Waals surface area (Å²) in [6, 6.07) is 21.3. The van der Waals surface area contributed by atoms with Crippen LogP contribution in [0.1, 0.15) is 29.7 Å². The van der Waals surface area contributed by atoms with Crippen molar-refractivity contribution >= 4 is 33.3 Å². The van der Waals surface area contributed by atoms with Gasteiger partial charge in [0.15, 0.2) is 0 Å². The highest BCUT2D eigenvalue weighted by molar-refractivity contribution is 7.22. The van der Waals surface area contributed by atoms with Crippen LogP contribution in [0.2, 0.25) is 0 Å². The molecule has 3 aromatic carbocycles. The van der Waals surface area contributed by atoms with Gasteiger partial charge >= 0.3 is 11.7 Å². The first-order chi connectivity index (χ1) is 23.7. The van der Waals surface area contributed by atoms with Crippen molar-refractivity contribution in [2.45, 2.75) is 26.1 Å². The lowest BCUT2D eigenvalue weighted by molar-refractivity contribution is 0.114. The number of aromatic nitrogens is 3. The number of nitrogens with zero attached hydrogens (tertiary/aromatic N) is 3. The lowest BCUT2D eigenvalue weighted by Crippen LogP contribution is -2.39. The summed E-state index contributed by atoms with van der Waals surface area (Å²) in [6.45, 7) is 1.58. The Morgan fingerprint density at radius 1 is 0.918 bits per heavy atom. The standard InChI is InChI=1S/C35H29F3N6O4S/c1-20(21-7-4-3-5-8-21)39-18-25-30-32(45)44(29-16-13-23(36)17-40-29)35(47)43(19-26-27(37)9-6-10-28(26)38)33(30)49-31(25)22-11-14-24(15-12-22)41-34(46)42-48-2/h3-17,20,39H,18-19H2,1-2H3,(H2,41,42,46)/t20-/m1/s1. The second kappa shape index (κ2) is 14.3. The molecular formula is C35H29F3N6O4S. The predicted molar refractivity (Wildman–Crippen MR) is 181 cm³/mol. The quantitative estimate of drug-likeness (QED) is 0.146. The summed E-state index contributed by atoms with van der Waals surface area (Å²) in [6.07, 6.45) is 0.873. The minimum absolute atomic E-state index is 0.122. The highest BCUT2D eigenvalue weighted by Crippen LogP contribution is 2.38. The number of hydrogen-bond acceptors (Lipinski definition) is 7. The lowest BCUT2D eigenvalue weighted by atomic mass is 10.0. The fourth-order valence-corrected chi connectivity index (χ4v) is 6.73. The zero-order chi connectivity index (χ0) is 34.7. The molecule has 3 heterocycles. The maximum atomic E-state index is 15.0. The molecule has 0 radical (unpaired) electrons. The van der Waals surface area contributed by atoms with Gasteiger partial charge in [-0.25, -0.2) is 37.8 Å². The molecule has 49 heavy (non-hydrogen) atoms. The van der Waals surface area contributed by atoms with Crippen LogP contribution in [0.15, 0.2) is 101 Å². The molecule has 2 amide bonds. The molecular weight excluding hydrogens is 657 g/mol. The fourth-order valence-electron chi connectivity index (χ4n) is 5.42. The van der Waals surface area contributed by atoms with Gasteiger partial charge in [0.1, 0.15) is 28.1 Å². The number of pyridine rings is 1. The van der Waals surface area contributed by atoms with Crippen LogP contribution in [0, 0.1) is 17.5 Å². The van der Waals surface area contributed by atoms with Crippen LogP contribution in [-0.2, 0) is 17.9 Å². The normalized spacial score (nSPS) is 11.9. The number of benzene rings is 3. The largest absolute Gasteiger partial charge is 0.343 e. The van der Waals surface area contributed by atoms with E-state index in [9.17, 15) is 27.6 Å². The van der Waals surface area contributed by atoms with E-state index in [0.717, 1.165) is 50.4 Å². The molecule has 0 saturated carbocycles. The first kappa shape index (κ1) is 33.3. The number of urea groups is 1. The van der Waals surface area contributed by atoms with Crippen LogP contribution in [-0.4, -0.2) is 27.3 Å². The Morgan fingerprint density at radius 3 is 2.29 bits per heavy atom. The number of amides is 2. The molecule has 10 nitrogen and oxygen atoms in total. The van der Waals surface area contributed by atoms with Crippen molar-refractivity contribution in [3.63, 3.8) is 0 Å². The molecule has 0 aliphatic heterocycles. The van der Waals surface area contributed by atoms with E-state index in [1.165, 1.54) is 19.2 Å². The molecule has 250 valence electrons. The molecule has 14 heteroatoms. The van der Waals surface area contributed by atoms with Gasteiger partial charge < -0.3 is 10.6 Å². The molecule has 6 aromatic rings. The molecule has 0 aliphatic carbocycles. The van der Waals surface area contributed by atoms with Gasteiger partial charge in [-0.05, 0) is 60.0 Å². The highest BCUT2D eigenvalue weighted by atomic mass is 32.1. The smallest absolute Gasteiger partial charge is 0.306 e. The number of carbonyl (C=O) groups excluding carboxylic acids is 1. The Balaban J connectivity index is 1.58. The molecule has 0 spiro atoms. The number of carbonyl (C=O) groups is 1. The molecule has 0 fully saturated rings. The number of hydroxylamine groups is 1. The van der Waals surface area contributed by atoms with E-state index in [4.69, 9.17) is 0 Å². The molecule has 0 bridgehead atoms. The van der Waals surface area contributed by atoms with Crippen molar-refractivity contribution < 1.29 is 22.8 Å². The Labute approximate surface area is 281 Å². The van der Waals surface area contributed by atoms with Gasteiger partial charge in [-0.3, -0.25) is 14.2 Å². The highest BCUT2D eigenvalue weighted by Gasteiger charge is 2.26. The number of halogens is 3. The van der Waals surface area contributed by atoms with Crippen LogP contribution in [0.25, 0.3) is 26.5 Å². The van der Waals surface area contributed by atoms with E-state index in [0.29, 0.717) is 21.7 Å². The van der Waals surface area contributed by atoms with Crippen LogP contribution >= 0.6 is 11.3 Å². The number of thiophene rings is 1. The molecule has 0 saturated heterocycles. The van der Waals surface area contributed by atoms with E-state index in [1.54, 1.807) is 24.3 Å². The van der Waals surface area contributed by atoms with E-state index in [2.05, 4.69) is 25.9 Å². The van der Waals surface area contributed by atoms with Crippen molar-refractivity contribution in [3.8, 4) is 16.3 Å². The van der Waals surface area contributed by atoms with Crippen molar-refractivity contribution in [1.29, 1.82) is 0 Å². The van der Waals surface area contributed by atoms with Gasteiger partial charge in [0.2, 0.25) is 0 Å². The summed E-state index contributed by atoms with van der Waals surface area (Å²) >= 11 is 1.11. The van der Waals surface area contributed by atoms with E-state index in [1.807, 2.05) is 37.3 Å². The van der Waals surface area contributed by atoms with Gasteiger partial charge in [0.25, 0.3) is 5.56 Å². The van der Waals surface area contributed by atoms with E-state index < -0.39 is 41.3 Å². The van der Waals surface area contributed by atoms with Crippen LogP contribution in [0.5, 0.6) is 0 Å². The van der Waals surface area contributed by atoms with Crippen molar-refractivity contribution in [1.82, 2.24) is 24.9 Å². The summed E-state index contributed by atoms with van der Waals surface area (Å²) in [5.74, 6) is -2.57. The molecule has 0 unspecified atom stereocenters. The average Bonchev–Trinajstić information content (AvgIpc) is 3.48. The maximum Gasteiger partial charge on any atom is 0.343 e. The number of anilines is 1. The third-order valence-corrected chi connectivity index (χ3v) is 9.18. The first-order valence-electron chi connectivity index (χ1n) is 15.0. The summed E-state index contributed by atoms with van der Waals surface area (Å²) in [7, 11) is 1.30. The molecule has 6 rings (SSSR count). The Bertz CT molecular complexity index is 2240. The van der Waals surface area contributed by atoms with Crippen LogP contribution in [0.4, 0.5) is 23.7 Å². The Hall–Kier alpha value is -5.57. The van der Waals surface area contributed by atoms with Crippen molar-refractivity contribution in [2.24, 2.45) is 0 Å². The summed E-state index contributed by atoms with van der Waals surface area (Å²) in [5.41, 5.74) is 2.76. The first-order valence-corrected chi connectivity index (χ1v) is 15.8. The lowest BCUT2D eigenvalue weighted by Gasteiger charge is -2.16. The summed E-state index contributed by atoms with van der Waals surface area (Å²) in [4.78, 5) is 49.8. The average molecular weight is 687 g/mol. The summed E-state index contributed by atoms with van der Waals surface area (Å²) in [5, 5.41) is 6.21. The molecule has 3 N–H and O–H groups in total. The Morgan fingerprint density at radius 2 is 1.63 bits per heavy atom. The van der Waals surface area contributed by atoms with Crippen LogP contribution < -0.4 is 27.4 Å². The maximum absolute atomic E-state index is 15.0. The SMILES string of the molecule is CONC(=O)Nc1ccc(-c2sc3c(c2CN[C@H](C)c2ccccc2)c(=O)n(-c2ccc(F)cn2)c(=O)n3Cc2c(F)cccc2F)cc1. The van der Waals surface area contributed by atoms with Gasteiger partial charge in [-0.2, -0.15) is 0 Å². The van der Waals surface area contributed by atoms with Gasteiger partial charge in [-0.1, -0.05) is 48.5 Å². The van der Waals surface area contributed by atoms with Gasteiger partial charge in [0.05, 0.1) is 25.2 Å². The monoisotopic (exact) mass is 686 g/mol. The minimum Gasteiger partial charge on any atom is -0.306 e. The third-order valence-electron chi connectivity index (χ3n) is 7.88. The van der Waals surface area contributed by atoms with E-state index >= 15 is 0 Å². The topological polar surface area (TPSA) is 119 Å². The predicted octanol–water partition coefficient (Wildman–Crippen LogP) is 6.28. The van der Waals surface area contributed by atoms with Gasteiger partial charge in [0, 0.05) is 28.7 Å². The van der Waals surface area contributed by atoms with Gasteiger partial charge in [-0.15, -0.1) is 11.3 Å². The second-order valence-corrected chi connectivity index (χ2v) is 12.0. The number of nitrogens with one attached hydrogen (secondary N) is 3. The fraction of sp³-hybridized carbons (Fsp3) is 0.143. The molecule has 0 aliphatic rings. The zero-order valence-corrected chi connectivity index (χ0v) is 27.0. The third kappa shape index (κ3) is 6.88. The molecule has 1 atom stereocenters. The number of rotatable bonds is 10. The van der Waals surface area contributed by atoms with E-state index in [-0.39, 0.29) is 34.2 Å². The minimum atomic E-state index is -0.909.